The molecule has 0 radical (unpaired) electrons. The summed E-state index contributed by atoms with van der Waals surface area (Å²) in [5.41, 5.74) is 2.45. The lowest BCUT2D eigenvalue weighted by molar-refractivity contribution is 0.456. The second-order valence-electron chi connectivity index (χ2n) is 5.68. The first kappa shape index (κ1) is 14.1. The van der Waals surface area contributed by atoms with E-state index >= 15 is 0 Å². The Kier molecular flexibility index (Phi) is 3.95. The Morgan fingerprint density at radius 1 is 1.16 bits per heavy atom. The first-order valence-corrected chi connectivity index (χ1v) is 7.06. The number of hydrogen-bond acceptors (Lipinski definition) is 2. The maximum atomic E-state index is 5.84. The molecule has 3 heteroatoms. The van der Waals surface area contributed by atoms with Gasteiger partial charge in [-0.1, -0.05) is 32.9 Å². The van der Waals surface area contributed by atoms with Crippen molar-refractivity contribution in [3.63, 3.8) is 0 Å². The van der Waals surface area contributed by atoms with E-state index in [1.165, 1.54) is 5.56 Å². The van der Waals surface area contributed by atoms with Crippen LogP contribution in [0.2, 0.25) is 0 Å². The summed E-state index contributed by atoms with van der Waals surface area (Å²) >= 11 is 3.48. The van der Waals surface area contributed by atoms with Gasteiger partial charge in [-0.2, -0.15) is 0 Å². The zero-order valence-electron chi connectivity index (χ0n) is 11.7. The van der Waals surface area contributed by atoms with Crippen LogP contribution in [0, 0.1) is 6.92 Å². The highest BCUT2D eigenvalue weighted by molar-refractivity contribution is 9.10. The third kappa shape index (κ3) is 3.57. The number of rotatable bonds is 2. The lowest BCUT2D eigenvalue weighted by Gasteiger charge is -2.19. The molecule has 0 N–H and O–H groups in total. The van der Waals surface area contributed by atoms with Gasteiger partial charge >= 0.3 is 0 Å². The normalized spacial score (nSPS) is 11.4. The summed E-state index contributed by atoms with van der Waals surface area (Å²) < 4.78 is 6.71. The summed E-state index contributed by atoms with van der Waals surface area (Å²) in [6.07, 6.45) is 1.80. The van der Waals surface area contributed by atoms with E-state index < -0.39 is 0 Å². The van der Waals surface area contributed by atoms with Crippen LogP contribution >= 0.6 is 15.9 Å². The fourth-order valence-corrected chi connectivity index (χ4v) is 2.28. The Morgan fingerprint density at radius 3 is 2.53 bits per heavy atom. The van der Waals surface area contributed by atoms with E-state index in [-0.39, 0.29) is 5.41 Å². The number of nitrogens with zero attached hydrogens (tertiary/aromatic N) is 1. The summed E-state index contributed by atoms with van der Waals surface area (Å²) in [6, 6.07) is 10.1. The van der Waals surface area contributed by atoms with Gasteiger partial charge in [-0.15, -0.1) is 0 Å². The van der Waals surface area contributed by atoms with E-state index in [0.717, 1.165) is 15.8 Å². The zero-order valence-corrected chi connectivity index (χ0v) is 13.3. The van der Waals surface area contributed by atoms with Crippen LogP contribution in [0.15, 0.2) is 41.0 Å². The molecular weight excluding hydrogens is 302 g/mol. The molecule has 0 aliphatic carbocycles. The standard InChI is InChI=1S/C16H18BrNO/c1-11-8-14(17)15(18-10-11)19-13-7-5-6-12(9-13)16(2,3)4/h5-10H,1-4H3. The molecule has 2 aromatic rings. The number of hydrogen-bond donors (Lipinski definition) is 0. The average molecular weight is 320 g/mol. The highest BCUT2D eigenvalue weighted by atomic mass is 79.9. The van der Waals surface area contributed by atoms with Crippen LogP contribution < -0.4 is 4.74 Å². The Morgan fingerprint density at radius 2 is 1.89 bits per heavy atom. The summed E-state index contributed by atoms with van der Waals surface area (Å²) in [4.78, 5) is 4.30. The van der Waals surface area contributed by atoms with E-state index in [0.29, 0.717) is 5.88 Å². The number of halogens is 1. The van der Waals surface area contributed by atoms with Crippen LogP contribution in [-0.4, -0.2) is 4.98 Å². The maximum absolute atomic E-state index is 5.84. The molecule has 0 aliphatic rings. The minimum atomic E-state index is 0.108. The molecule has 0 atom stereocenters. The number of aromatic nitrogens is 1. The first-order chi connectivity index (χ1) is 8.86. The molecule has 100 valence electrons. The van der Waals surface area contributed by atoms with Crippen LogP contribution in [0.4, 0.5) is 0 Å². The number of ether oxygens (including phenoxy) is 1. The van der Waals surface area contributed by atoms with Crippen molar-refractivity contribution >= 4 is 15.9 Å². The van der Waals surface area contributed by atoms with Crippen LogP contribution in [0.3, 0.4) is 0 Å². The van der Waals surface area contributed by atoms with Gasteiger partial charge in [-0.25, -0.2) is 4.98 Å². The van der Waals surface area contributed by atoms with Gasteiger partial charge in [-0.3, -0.25) is 0 Å². The van der Waals surface area contributed by atoms with Crippen molar-refractivity contribution in [2.45, 2.75) is 33.1 Å². The Labute approximate surface area is 123 Å². The number of benzene rings is 1. The van der Waals surface area contributed by atoms with Crippen LogP contribution in [0.5, 0.6) is 11.6 Å². The lowest BCUT2D eigenvalue weighted by atomic mass is 9.87. The molecule has 2 rings (SSSR count). The monoisotopic (exact) mass is 319 g/mol. The topological polar surface area (TPSA) is 22.1 Å². The van der Waals surface area contributed by atoms with E-state index in [2.05, 4.69) is 53.8 Å². The summed E-state index contributed by atoms with van der Waals surface area (Å²) in [5, 5.41) is 0. The van der Waals surface area contributed by atoms with E-state index in [1.807, 2.05) is 25.1 Å². The highest BCUT2D eigenvalue weighted by Crippen LogP contribution is 2.31. The quantitative estimate of drug-likeness (QED) is 0.754. The van der Waals surface area contributed by atoms with E-state index in [4.69, 9.17) is 4.74 Å². The van der Waals surface area contributed by atoms with Gasteiger partial charge in [0, 0.05) is 6.20 Å². The molecule has 0 saturated carbocycles. The van der Waals surface area contributed by atoms with Gasteiger partial charge in [0.2, 0.25) is 5.88 Å². The molecule has 1 heterocycles. The lowest BCUT2D eigenvalue weighted by Crippen LogP contribution is -2.10. The molecule has 0 unspecified atom stereocenters. The van der Waals surface area contributed by atoms with Gasteiger partial charge in [0.25, 0.3) is 0 Å². The fourth-order valence-electron chi connectivity index (χ4n) is 1.73. The predicted molar refractivity (Wildman–Crippen MR) is 81.9 cm³/mol. The average Bonchev–Trinajstić information content (AvgIpc) is 2.32. The van der Waals surface area contributed by atoms with Crippen molar-refractivity contribution in [2.75, 3.05) is 0 Å². The molecule has 0 spiro atoms. The largest absolute Gasteiger partial charge is 0.438 e. The van der Waals surface area contributed by atoms with Gasteiger partial charge in [-0.05, 0) is 57.6 Å². The third-order valence-corrected chi connectivity index (χ3v) is 3.43. The van der Waals surface area contributed by atoms with Crippen molar-refractivity contribution in [2.24, 2.45) is 0 Å². The van der Waals surface area contributed by atoms with Gasteiger partial charge in [0.05, 0.1) is 4.47 Å². The SMILES string of the molecule is Cc1cnc(Oc2cccc(C(C)(C)C)c2)c(Br)c1. The molecule has 0 amide bonds. The Hall–Kier alpha value is -1.35. The van der Waals surface area contributed by atoms with Crippen molar-refractivity contribution < 1.29 is 4.74 Å². The van der Waals surface area contributed by atoms with Crippen molar-refractivity contribution in [3.8, 4) is 11.6 Å². The van der Waals surface area contributed by atoms with Crippen molar-refractivity contribution in [1.29, 1.82) is 0 Å². The molecular formula is C16H18BrNO. The fraction of sp³-hybridized carbons (Fsp3) is 0.312. The van der Waals surface area contributed by atoms with Crippen LogP contribution in [0.25, 0.3) is 0 Å². The molecule has 0 fully saturated rings. The van der Waals surface area contributed by atoms with Crippen LogP contribution in [-0.2, 0) is 5.41 Å². The second kappa shape index (κ2) is 5.33. The summed E-state index contributed by atoms with van der Waals surface area (Å²) in [7, 11) is 0. The third-order valence-electron chi connectivity index (χ3n) is 2.86. The second-order valence-corrected chi connectivity index (χ2v) is 6.53. The molecule has 1 aromatic heterocycles. The number of aryl methyl sites for hydroxylation is 1. The first-order valence-electron chi connectivity index (χ1n) is 6.27. The Balaban J connectivity index is 2.29. The molecule has 2 nitrogen and oxygen atoms in total. The molecule has 0 aliphatic heterocycles. The van der Waals surface area contributed by atoms with E-state index in [1.54, 1.807) is 6.20 Å². The summed E-state index contributed by atoms with van der Waals surface area (Å²) in [6.45, 7) is 8.56. The van der Waals surface area contributed by atoms with Crippen molar-refractivity contribution in [3.05, 3.63) is 52.1 Å². The highest BCUT2D eigenvalue weighted by Gasteiger charge is 2.14. The minimum Gasteiger partial charge on any atom is -0.438 e. The smallest absolute Gasteiger partial charge is 0.233 e. The maximum Gasteiger partial charge on any atom is 0.233 e. The van der Waals surface area contributed by atoms with E-state index in [9.17, 15) is 0 Å². The van der Waals surface area contributed by atoms with Gasteiger partial charge < -0.3 is 4.74 Å². The molecule has 0 saturated heterocycles. The molecule has 0 bridgehead atoms. The summed E-state index contributed by atoms with van der Waals surface area (Å²) in [5.74, 6) is 1.40. The van der Waals surface area contributed by atoms with Crippen LogP contribution in [0.1, 0.15) is 31.9 Å². The minimum absolute atomic E-state index is 0.108. The Bertz CT molecular complexity index is 588. The molecule has 1 aromatic carbocycles. The zero-order chi connectivity index (χ0) is 14.0. The number of pyridine rings is 1. The molecule has 19 heavy (non-hydrogen) atoms. The van der Waals surface area contributed by atoms with Crippen molar-refractivity contribution in [1.82, 2.24) is 4.98 Å². The predicted octanol–water partition coefficient (Wildman–Crippen LogP) is 5.24. The van der Waals surface area contributed by atoms with Gasteiger partial charge in [0.1, 0.15) is 5.75 Å². The van der Waals surface area contributed by atoms with Gasteiger partial charge in [0.15, 0.2) is 0 Å².